The molecule has 0 bridgehead atoms. The topological polar surface area (TPSA) is 38.9 Å². The van der Waals surface area contributed by atoms with E-state index >= 15 is 0 Å². The summed E-state index contributed by atoms with van der Waals surface area (Å²) in [5.41, 5.74) is 0.989. The van der Waals surface area contributed by atoms with Gasteiger partial charge in [0.25, 0.3) is 6.43 Å². The van der Waals surface area contributed by atoms with Crippen LogP contribution in [0, 0.1) is 5.82 Å². The van der Waals surface area contributed by atoms with Crippen molar-refractivity contribution in [2.24, 2.45) is 5.73 Å². The molecule has 1 heterocycles. The van der Waals surface area contributed by atoms with Crippen LogP contribution in [0.4, 0.5) is 26.3 Å². The molecule has 0 unspecified atom stereocenters. The second kappa shape index (κ2) is 4.28. The number of halogens is 6. The second-order valence-electron chi connectivity index (χ2n) is 2.86. The Kier molecular flexibility index (Phi) is 3.41. The van der Waals surface area contributed by atoms with Crippen LogP contribution in [0.15, 0.2) is 6.20 Å². The van der Waals surface area contributed by atoms with Crippen molar-refractivity contribution in [3.05, 3.63) is 28.8 Å². The quantitative estimate of drug-likeness (QED) is 0.812. The van der Waals surface area contributed by atoms with Gasteiger partial charge in [-0.3, -0.25) is 4.98 Å². The molecular weight excluding hydrogens is 238 g/mol. The molecule has 2 N–H and O–H groups in total. The average Bonchev–Trinajstić information content (AvgIpc) is 2.14. The van der Waals surface area contributed by atoms with E-state index in [0.717, 1.165) is 0 Å². The first kappa shape index (κ1) is 12.8. The molecule has 0 saturated carbocycles. The van der Waals surface area contributed by atoms with Gasteiger partial charge in [0.05, 0.1) is 5.56 Å². The van der Waals surface area contributed by atoms with E-state index in [1.54, 1.807) is 0 Å². The highest BCUT2D eigenvalue weighted by Crippen LogP contribution is 2.36. The van der Waals surface area contributed by atoms with E-state index in [4.69, 9.17) is 5.73 Å². The van der Waals surface area contributed by atoms with Crippen LogP contribution in [0.5, 0.6) is 0 Å². The highest BCUT2D eigenvalue weighted by Gasteiger charge is 2.39. The smallest absolute Gasteiger partial charge is 0.326 e. The zero-order chi connectivity index (χ0) is 12.5. The fraction of sp³-hybridized carbons (Fsp3) is 0.375. The van der Waals surface area contributed by atoms with Crippen LogP contribution >= 0.6 is 0 Å². The lowest BCUT2D eigenvalue weighted by atomic mass is 10.1. The van der Waals surface area contributed by atoms with E-state index in [9.17, 15) is 26.3 Å². The zero-order valence-electron chi connectivity index (χ0n) is 7.65. The van der Waals surface area contributed by atoms with Crippen molar-refractivity contribution in [2.45, 2.75) is 19.1 Å². The molecule has 0 saturated heterocycles. The molecule has 90 valence electrons. The molecule has 0 fully saturated rings. The van der Waals surface area contributed by atoms with Gasteiger partial charge >= 0.3 is 6.18 Å². The Morgan fingerprint density at radius 1 is 1.31 bits per heavy atom. The van der Waals surface area contributed by atoms with E-state index in [1.807, 2.05) is 0 Å². The van der Waals surface area contributed by atoms with E-state index < -0.39 is 41.8 Å². The molecule has 8 heteroatoms. The fourth-order valence-corrected chi connectivity index (χ4v) is 1.15. The highest BCUT2D eigenvalue weighted by molar-refractivity contribution is 5.31. The Bertz CT molecular complexity index is 387. The molecule has 1 aromatic rings. The Hall–Kier alpha value is -1.31. The summed E-state index contributed by atoms with van der Waals surface area (Å²) in [4.78, 5) is 2.92. The Labute approximate surface area is 86.1 Å². The Morgan fingerprint density at radius 2 is 1.88 bits per heavy atom. The molecule has 1 rings (SSSR count). The van der Waals surface area contributed by atoms with Crippen LogP contribution in [-0.2, 0) is 12.7 Å². The zero-order valence-corrected chi connectivity index (χ0v) is 7.65. The van der Waals surface area contributed by atoms with Crippen molar-refractivity contribution in [3.8, 4) is 0 Å². The molecule has 0 aromatic carbocycles. The van der Waals surface area contributed by atoms with Crippen LogP contribution in [0.3, 0.4) is 0 Å². The highest BCUT2D eigenvalue weighted by atomic mass is 19.4. The number of aromatic nitrogens is 1. The van der Waals surface area contributed by atoms with E-state index in [0.29, 0.717) is 6.20 Å². The van der Waals surface area contributed by atoms with E-state index in [2.05, 4.69) is 4.98 Å². The minimum absolute atomic E-state index is 0.507. The predicted molar refractivity (Wildman–Crippen MR) is 42.0 cm³/mol. The van der Waals surface area contributed by atoms with E-state index in [1.165, 1.54) is 0 Å². The van der Waals surface area contributed by atoms with Crippen LogP contribution in [-0.4, -0.2) is 4.98 Å². The van der Waals surface area contributed by atoms with Gasteiger partial charge in [0.2, 0.25) is 0 Å². The summed E-state index contributed by atoms with van der Waals surface area (Å²) in [6, 6.07) is 0. The summed E-state index contributed by atoms with van der Waals surface area (Å²) in [6.07, 6.45) is -7.98. The van der Waals surface area contributed by atoms with Gasteiger partial charge in [-0.2, -0.15) is 13.2 Å². The summed E-state index contributed by atoms with van der Waals surface area (Å²) in [7, 11) is 0. The van der Waals surface area contributed by atoms with Crippen LogP contribution in [0.2, 0.25) is 0 Å². The standard InChI is InChI=1S/C8H6F6N2/c9-5-4(8(12,13)14)3(1-15)2-16-6(5)7(10)11/h2,7H,1,15H2. The number of nitrogens with two attached hydrogens (primary N) is 1. The molecule has 0 aliphatic heterocycles. The maximum atomic E-state index is 13.1. The third-order valence-electron chi connectivity index (χ3n) is 1.84. The average molecular weight is 244 g/mol. The maximum absolute atomic E-state index is 13.1. The van der Waals surface area contributed by atoms with Gasteiger partial charge in [0.15, 0.2) is 5.82 Å². The van der Waals surface area contributed by atoms with Gasteiger partial charge in [-0.15, -0.1) is 0 Å². The van der Waals surface area contributed by atoms with Crippen LogP contribution in [0.1, 0.15) is 23.2 Å². The molecular formula is C8H6F6N2. The molecule has 16 heavy (non-hydrogen) atoms. The van der Waals surface area contributed by atoms with Gasteiger partial charge < -0.3 is 5.73 Å². The molecule has 0 radical (unpaired) electrons. The van der Waals surface area contributed by atoms with Crippen molar-refractivity contribution in [3.63, 3.8) is 0 Å². The Balaban J connectivity index is 3.47. The molecule has 2 nitrogen and oxygen atoms in total. The fourth-order valence-electron chi connectivity index (χ4n) is 1.15. The third kappa shape index (κ3) is 2.26. The summed E-state index contributed by atoms with van der Waals surface area (Å²) in [5.74, 6) is -2.06. The lowest BCUT2D eigenvalue weighted by Crippen LogP contribution is -2.17. The minimum Gasteiger partial charge on any atom is -0.326 e. The predicted octanol–water partition coefficient (Wildman–Crippen LogP) is 2.64. The molecule has 0 aliphatic carbocycles. The third-order valence-corrected chi connectivity index (χ3v) is 1.84. The first-order chi connectivity index (χ1) is 7.29. The normalized spacial score (nSPS) is 12.2. The first-order valence-corrected chi connectivity index (χ1v) is 4.01. The van der Waals surface area contributed by atoms with Gasteiger partial charge in [0.1, 0.15) is 5.69 Å². The number of rotatable bonds is 2. The molecule has 1 aromatic heterocycles. The largest absolute Gasteiger partial charge is 0.419 e. The monoisotopic (exact) mass is 244 g/mol. The van der Waals surface area contributed by atoms with Crippen LogP contribution < -0.4 is 5.73 Å². The van der Waals surface area contributed by atoms with Gasteiger partial charge in [-0.1, -0.05) is 0 Å². The van der Waals surface area contributed by atoms with Crippen molar-refractivity contribution < 1.29 is 26.3 Å². The van der Waals surface area contributed by atoms with Gasteiger partial charge in [-0.25, -0.2) is 13.2 Å². The molecule has 0 atom stereocenters. The number of hydrogen-bond donors (Lipinski definition) is 1. The summed E-state index contributed by atoms with van der Waals surface area (Å²) < 4.78 is 74.5. The van der Waals surface area contributed by atoms with Crippen LogP contribution in [0.25, 0.3) is 0 Å². The summed E-state index contributed by atoms with van der Waals surface area (Å²) in [6.45, 7) is -0.637. The van der Waals surface area contributed by atoms with Crippen molar-refractivity contribution in [2.75, 3.05) is 0 Å². The molecule has 0 spiro atoms. The summed E-state index contributed by atoms with van der Waals surface area (Å²) >= 11 is 0. The molecule has 0 aliphatic rings. The number of nitrogens with zero attached hydrogens (tertiary/aromatic N) is 1. The first-order valence-electron chi connectivity index (χ1n) is 4.01. The van der Waals surface area contributed by atoms with Crippen molar-refractivity contribution in [1.29, 1.82) is 0 Å². The van der Waals surface area contributed by atoms with Gasteiger partial charge in [0, 0.05) is 12.7 Å². The van der Waals surface area contributed by atoms with Gasteiger partial charge in [-0.05, 0) is 5.56 Å². The maximum Gasteiger partial charge on any atom is 0.419 e. The second-order valence-corrected chi connectivity index (χ2v) is 2.86. The van der Waals surface area contributed by atoms with Crippen molar-refractivity contribution >= 4 is 0 Å². The number of hydrogen-bond acceptors (Lipinski definition) is 2. The lowest BCUT2D eigenvalue weighted by Gasteiger charge is -2.14. The number of pyridine rings is 1. The summed E-state index contributed by atoms with van der Waals surface area (Å²) in [5, 5.41) is 0. The Morgan fingerprint density at radius 3 is 2.25 bits per heavy atom. The molecule has 0 amide bonds. The van der Waals surface area contributed by atoms with Crippen molar-refractivity contribution in [1.82, 2.24) is 4.98 Å². The SMILES string of the molecule is NCc1cnc(C(F)F)c(F)c1C(F)(F)F. The minimum atomic E-state index is -5.08. The number of alkyl halides is 5. The lowest BCUT2D eigenvalue weighted by molar-refractivity contribution is -0.140. The van der Waals surface area contributed by atoms with E-state index in [-0.39, 0.29) is 0 Å².